The molecule has 0 unspecified atom stereocenters. The highest BCUT2D eigenvalue weighted by Gasteiger charge is 2.15. The molecule has 0 saturated heterocycles. The van der Waals surface area contributed by atoms with Gasteiger partial charge >= 0.3 is 0 Å². The first-order valence-corrected chi connectivity index (χ1v) is 6.06. The molecule has 0 spiro atoms. The van der Waals surface area contributed by atoms with Crippen molar-refractivity contribution in [1.29, 1.82) is 5.26 Å². The van der Waals surface area contributed by atoms with Gasteiger partial charge in [-0.2, -0.15) is 5.26 Å². The van der Waals surface area contributed by atoms with Gasteiger partial charge in [0.25, 0.3) is 0 Å². The number of halogens is 1. The molecule has 2 nitrogen and oxygen atoms in total. The van der Waals surface area contributed by atoms with Gasteiger partial charge < -0.3 is 5.32 Å². The molecule has 0 radical (unpaired) electrons. The van der Waals surface area contributed by atoms with Gasteiger partial charge in [-0.3, -0.25) is 0 Å². The summed E-state index contributed by atoms with van der Waals surface area (Å²) >= 11 is 5.10. The van der Waals surface area contributed by atoms with Crippen LogP contribution in [0.15, 0.2) is 15.2 Å². The first kappa shape index (κ1) is 11.7. The van der Waals surface area contributed by atoms with Crippen LogP contribution in [0.1, 0.15) is 19.4 Å². The molecule has 1 aromatic heterocycles. The molecule has 0 bridgehead atoms. The Labute approximate surface area is 97.1 Å². The van der Waals surface area contributed by atoms with Gasteiger partial charge in [-0.05, 0) is 46.8 Å². The van der Waals surface area contributed by atoms with Crippen LogP contribution >= 0.6 is 27.3 Å². The molecule has 0 saturated carbocycles. The average Bonchev–Trinajstić information content (AvgIpc) is 2.51. The zero-order valence-electron chi connectivity index (χ0n) is 8.30. The molecule has 0 amide bonds. The zero-order chi connectivity index (χ0) is 10.6. The van der Waals surface area contributed by atoms with Crippen molar-refractivity contribution in [2.45, 2.75) is 20.4 Å². The van der Waals surface area contributed by atoms with Crippen LogP contribution in [0.2, 0.25) is 0 Å². The van der Waals surface area contributed by atoms with E-state index in [0.29, 0.717) is 0 Å². The van der Waals surface area contributed by atoms with E-state index in [9.17, 15) is 0 Å². The molecule has 1 rings (SSSR count). The van der Waals surface area contributed by atoms with Crippen LogP contribution in [0.4, 0.5) is 0 Å². The highest BCUT2D eigenvalue weighted by atomic mass is 79.9. The van der Waals surface area contributed by atoms with Crippen molar-refractivity contribution in [3.63, 3.8) is 0 Å². The van der Waals surface area contributed by atoms with Crippen molar-refractivity contribution in [3.8, 4) is 6.07 Å². The number of nitrogens with one attached hydrogen (secondary N) is 1. The number of hydrogen-bond donors (Lipinski definition) is 1. The van der Waals surface area contributed by atoms with E-state index >= 15 is 0 Å². The summed E-state index contributed by atoms with van der Waals surface area (Å²) in [5.74, 6) is 0. The van der Waals surface area contributed by atoms with E-state index in [1.807, 2.05) is 13.8 Å². The van der Waals surface area contributed by atoms with Crippen LogP contribution < -0.4 is 5.32 Å². The van der Waals surface area contributed by atoms with Crippen LogP contribution in [-0.2, 0) is 6.54 Å². The Kier molecular flexibility index (Phi) is 4.11. The minimum absolute atomic E-state index is 0.284. The summed E-state index contributed by atoms with van der Waals surface area (Å²) in [5, 5.41) is 14.2. The van der Waals surface area contributed by atoms with Gasteiger partial charge in [-0.15, -0.1) is 11.3 Å². The van der Waals surface area contributed by atoms with E-state index in [1.165, 1.54) is 5.56 Å². The molecule has 14 heavy (non-hydrogen) atoms. The second-order valence-electron chi connectivity index (χ2n) is 3.86. The van der Waals surface area contributed by atoms with Crippen molar-refractivity contribution >= 4 is 27.3 Å². The fourth-order valence-electron chi connectivity index (χ4n) is 0.997. The third kappa shape index (κ3) is 3.79. The Morgan fingerprint density at radius 3 is 2.86 bits per heavy atom. The van der Waals surface area contributed by atoms with E-state index in [4.69, 9.17) is 5.26 Å². The molecule has 0 fully saturated rings. The van der Waals surface area contributed by atoms with Crippen molar-refractivity contribution in [1.82, 2.24) is 5.32 Å². The first-order chi connectivity index (χ1) is 6.53. The minimum atomic E-state index is -0.284. The molecule has 0 aromatic carbocycles. The van der Waals surface area contributed by atoms with Gasteiger partial charge in [0.2, 0.25) is 0 Å². The summed E-state index contributed by atoms with van der Waals surface area (Å²) in [4.78, 5) is 0. The second kappa shape index (κ2) is 4.92. The Bertz CT molecular complexity index is 338. The molecular weight excluding hydrogens is 260 g/mol. The van der Waals surface area contributed by atoms with E-state index in [2.05, 4.69) is 38.8 Å². The number of nitriles is 1. The molecule has 0 aliphatic rings. The smallest absolute Gasteiger partial charge is 0.0701 e. The molecule has 1 heterocycles. The molecule has 4 heteroatoms. The Morgan fingerprint density at radius 2 is 2.36 bits per heavy atom. The quantitative estimate of drug-likeness (QED) is 0.914. The lowest BCUT2D eigenvalue weighted by molar-refractivity contribution is 0.445. The summed E-state index contributed by atoms with van der Waals surface area (Å²) < 4.78 is 1.15. The summed E-state index contributed by atoms with van der Waals surface area (Å²) in [6.07, 6.45) is 0. The number of hydrogen-bond acceptors (Lipinski definition) is 3. The molecule has 0 aliphatic heterocycles. The van der Waals surface area contributed by atoms with E-state index < -0.39 is 0 Å². The number of thiophene rings is 1. The van der Waals surface area contributed by atoms with Crippen molar-refractivity contribution in [3.05, 3.63) is 20.8 Å². The third-order valence-corrected chi connectivity index (χ3v) is 3.37. The highest BCUT2D eigenvalue weighted by molar-refractivity contribution is 9.11. The number of nitrogens with zero attached hydrogens (tertiary/aromatic N) is 1. The van der Waals surface area contributed by atoms with Crippen LogP contribution in [0.25, 0.3) is 0 Å². The topological polar surface area (TPSA) is 35.8 Å². The van der Waals surface area contributed by atoms with Gasteiger partial charge in [0.15, 0.2) is 0 Å². The Balaban J connectivity index is 2.33. The molecule has 0 aliphatic carbocycles. The maximum atomic E-state index is 8.80. The highest BCUT2D eigenvalue weighted by Crippen LogP contribution is 2.20. The lowest BCUT2D eigenvalue weighted by Crippen LogP contribution is -2.27. The van der Waals surface area contributed by atoms with Crippen LogP contribution in [-0.4, -0.2) is 6.54 Å². The maximum Gasteiger partial charge on any atom is 0.0701 e. The fraction of sp³-hybridized carbons (Fsp3) is 0.500. The molecule has 76 valence electrons. The summed E-state index contributed by atoms with van der Waals surface area (Å²) in [7, 11) is 0. The normalized spacial score (nSPS) is 11.3. The average molecular weight is 273 g/mol. The van der Waals surface area contributed by atoms with Crippen molar-refractivity contribution in [2.75, 3.05) is 6.54 Å². The SMILES string of the molecule is CC(C)(C#N)CNCc1csc(Br)c1. The lowest BCUT2D eigenvalue weighted by Gasteiger charge is -2.15. The van der Waals surface area contributed by atoms with Gasteiger partial charge in [0.05, 0.1) is 15.3 Å². The summed E-state index contributed by atoms with van der Waals surface area (Å²) in [6, 6.07) is 4.36. The summed E-state index contributed by atoms with van der Waals surface area (Å²) in [6.45, 7) is 5.41. The van der Waals surface area contributed by atoms with Crippen LogP contribution in [0.3, 0.4) is 0 Å². The van der Waals surface area contributed by atoms with Gasteiger partial charge in [0.1, 0.15) is 0 Å². The standard InChI is InChI=1S/C10H13BrN2S/c1-10(2,6-12)7-13-4-8-3-9(11)14-5-8/h3,5,13H,4,7H2,1-2H3. The Morgan fingerprint density at radius 1 is 1.64 bits per heavy atom. The lowest BCUT2D eigenvalue weighted by atomic mass is 9.96. The van der Waals surface area contributed by atoms with Gasteiger partial charge in [-0.25, -0.2) is 0 Å². The minimum Gasteiger partial charge on any atom is -0.311 e. The van der Waals surface area contributed by atoms with E-state index in [-0.39, 0.29) is 5.41 Å². The van der Waals surface area contributed by atoms with E-state index in [0.717, 1.165) is 16.9 Å². The molecule has 1 aromatic rings. The van der Waals surface area contributed by atoms with E-state index in [1.54, 1.807) is 11.3 Å². The molecular formula is C10H13BrN2S. The maximum absolute atomic E-state index is 8.80. The Hall–Kier alpha value is -0.370. The van der Waals surface area contributed by atoms with Gasteiger partial charge in [-0.1, -0.05) is 0 Å². The van der Waals surface area contributed by atoms with Crippen LogP contribution in [0, 0.1) is 16.7 Å². The predicted octanol–water partition coefficient (Wildman–Crippen LogP) is 3.15. The zero-order valence-corrected chi connectivity index (χ0v) is 10.7. The van der Waals surface area contributed by atoms with Crippen molar-refractivity contribution in [2.24, 2.45) is 5.41 Å². The van der Waals surface area contributed by atoms with Crippen molar-refractivity contribution < 1.29 is 0 Å². The van der Waals surface area contributed by atoms with Gasteiger partial charge in [0, 0.05) is 13.1 Å². The monoisotopic (exact) mass is 272 g/mol. The predicted molar refractivity (Wildman–Crippen MR) is 63.1 cm³/mol. The van der Waals surface area contributed by atoms with Crippen LogP contribution in [0.5, 0.6) is 0 Å². The third-order valence-electron chi connectivity index (χ3n) is 1.82. The summed E-state index contributed by atoms with van der Waals surface area (Å²) in [5.41, 5.74) is 0.975. The number of rotatable bonds is 4. The molecule has 1 N–H and O–H groups in total. The fourth-order valence-corrected chi connectivity index (χ4v) is 2.21. The largest absolute Gasteiger partial charge is 0.311 e. The first-order valence-electron chi connectivity index (χ1n) is 4.38. The molecule has 0 atom stereocenters. The second-order valence-corrected chi connectivity index (χ2v) is 6.15.